The fourth-order valence-electron chi connectivity index (χ4n) is 4.92. The maximum Gasteiger partial charge on any atom is 0.344 e. The Labute approximate surface area is 193 Å². The molecule has 0 N–H and O–H groups in total. The van der Waals surface area contributed by atoms with Gasteiger partial charge in [0, 0.05) is 5.39 Å². The lowest BCUT2D eigenvalue weighted by Gasteiger charge is -2.19. The molecule has 34 heavy (non-hydrogen) atoms. The average molecular weight is 440 g/mol. The molecule has 0 radical (unpaired) electrons. The highest BCUT2D eigenvalue weighted by Gasteiger charge is 2.27. The zero-order chi connectivity index (χ0) is 22.8. The van der Waals surface area contributed by atoms with Gasteiger partial charge < -0.3 is 9.47 Å². The second kappa shape index (κ2) is 6.90. The van der Waals surface area contributed by atoms with Crippen LogP contribution in [-0.4, -0.2) is 11.9 Å². The van der Waals surface area contributed by atoms with Gasteiger partial charge in [-0.1, -0.05) is 66.7 Å². The van der Waals surface area contributed by atoms with Crippen LogP contribution in [0.5, 0.6) is 11.5 Å². The molecule has 7 rings (SSSR count). The van der Waals surface area contributed by atoms with Crippen LogP contribution in [0.25, 0.3) is 43.1 Å². The molecule has 0 saturated heterocycles. The predicted molar refractivity (Wildman–Crippen MR) is 133 cm³/mol. The van der Waals surface area contributed by atoms with Crippen LogP contribution in [0, 0.1) is 0 Å². The summed E-state index contributed by atoms with van der Waals surface area (Å²) in [6, 6.07) is 31.0. The summed E-state index contributed by atoms with van der Waals surface area (Å²) in [5.74, 6) is -0.669. The van der Waals surface area contributed by atoms with E-state index in [0.717, 1.165) is 32.3 Å². The minimum absolute atomic E-state index is 0.187. The Kier molecular flexibility index (Phi) is 3.82. The maximum absolute atomic E-state index is 13.1. The first-order valence-corrected chi connectivity index (χ1v) is 11.0. The van der Waals surface area contributed by atoms with Gasteiger partial charge >= 0.3 is 11.9 Å². The van der Waals surface area contributed by atoms with Gasteiger partial charge in [-0.25, -0.2) is 9.59 Å². The standard InChI is InChI=1S/C30H16O4/c31-29-22-7-3-4-8-23(22)30(32)34-28-26(33-29)14-13-18-10-12-20-15-24-19(16-25(20)27(18)28)11-9-17-5-1-2-6-21(17)24/h1-16H. The van der Waals surface area contributed by atoms with Gasteiger partial charge in [0.15, 0.2) is 11.5 Å². The molecule has 4 heteroatoms. The van der Waals surface area contributed by atoms with E-state index in [4.69, 9.17) is 9.47 Å². The first-order valence-electron chi connectivity index (χ1n) is 11.0. The number of carbonyl (C=O) groups is 2. The van der Waals surface area contributed by atoms with Crippen LogP contribution < -0.4 is 9.47 Å². The first kappa shape index (κ1) is 18.8. The number of hydrogen-bond donors (Lipinski definition) is 0. The third-order valence-corrected chi connectivity index (χ3v) is 6.54. The Bertz CT molecular complexity index is 1850. The van der Waals surface area contributed by atoms with Crippen molar-refractivity contribution < 1.29 is 19.1 Å². The molecule has 0 atom stereocenters. The monoisotopic (exact) mass is 440 g/mol. The van der Waals surface area contributed by atoms with E-state index in [1.807, 2.05) is 24.3 Å². The number of benzene rings is 6. The van der Waals surface area contributed by atoms with Gasteiger partial charge in [-0.2, -0.15) is 0 Å². The van der Waals surface area contributed by atoms with Crippen LogP contribution >= 0.6 is 0 Å². The van der Waals surface area contributed by atoms with Crippen LogP contribution in [0.15, 0.2) is 97.1 Å². The second-order valence-electron chi connectivity index (χ2n) is 8.46. The molecule has 0 spiro atoms. The van der Waals surface area contributed by atoms with E-state index in [9.17, 15) is 9.59 Å². The number of rotatable bonds is 0. The quantitative estimate of drug-likeness (QED) is 0.110. The van der Waals surface area contributed by atoms with Crippen molar-refractivity contribution in [2.24, 2.45) is 0 Å². The minimum atomic E-state index is -0.579. The van der Waals surface area contributed by atoms with Crippen LogP contribution in [0.3, 0.4) is 0 Å². The summed E-state index contributed by atoms with van der Waals surface area (Å²) < 4.78 is 11.6. The third kappa shape index (κ3) is 2.66. The smallest absolute Gasteiger partial charge is 0.344 e. The van der Waals surface area contributed by atoms with Gasteiger partial charge in [-0.05, 0) is 68.0 Å². The third-order valence-electron chi connectivity index (χ3n) is 6.54. The van der Waals surface area contributed by atoms with E-state index in [-0.39, 0.29) is 22.6 Å². The lowest BCUT2D eigenvalue weighted by molar-refractivity contribution is 0.0650. The molecule has 160 valence electrons. The van der Waals surface area contributed by atoms with Crippen LogP contribution in [-0.2, 0) is 0 Å². The average Bonchev–Trinajstić information content (AvgIpc) is 2.87. The zero-order valence-corrected chi connectivity index (χ0v) is 17.9. The summed E-state index contributed by atoms with van der Waals surface area (Å²) in [6.45, 7) is 0. The van der Waals surface area contributed by atoms with Crippen molar-refractivity contribution in [3.8, 4) is 11.5 Å². The normalized spacial score (nSPS) is 13.3. The van der Waals surface area contributed by atoms with Crippen molar-refractivity contribution in [3.05, 3.63) is 108 Å². The van der Waals surface area contributed by atoms with Gasteiger partial charge in [0.25, 0.3) is 0 Å². The Hall–Kier alpha value is -4.70. The molecule has 1 aliphatic heterocycles. The Morgan fingerprint density at radius 3 is 1.88 bits per heavy atom. The molecule has 1 heterocycles. The molecule has 0 bridgehead atoms. The fourth-order valence-corrected chi connectivity index (χ4v) is 4.92. The molecule has 6 aromatic rings. The zero-order valence-electron chi connectivity index (χ0n) is 17.9. The largest absolute Gasteiger partial charge is 0.419 e. The van der Waals surface area contributed by atoms with E-state index < -0.39 is 11.9 Å². The molecule has 0 saturated carbocycles. The summed E-state index contributed by atoms with van der Waals surface area (Å²) in [7, 11) is 0. The van der Waals surface area contributed by atoms with E-state index in [1.165, 1.54) is 10.8 Å². The van der Waals surface area contributed by atoms with E-state index in [1.54, 1.807) is 30.3 Å². The van der Waals surface area contributed by atoms with E-state index in [0.29, 0.717) is 0 Å². The van der Waals surface area contributed by atoms with Gasteiger partial charge in [0.2, 0.25) is 0 Å². The highest BCUT2D eigenvalue weighted by Crippen LogP contribution is 2.43. The topological polar surface area (TPSA) is 52.6 Å². The fraction of sp³-hybridized carbons (Fsp3) is 0. The van der Waals surface area contributed by atoms with Crippen LogP contribution in [0.1, 0.15) is 20.7 Å². The molecule has 6 aromatic carbocycles. The van der Waals surface area contributed by atoms with Crippen molar-refractivity contribution in [1.82, 2.24) is 0 Å². The Morgan fingerprint density at radius 2 is 1.06 bits per heavy atom. The number of carbonyl (C=O) groups excluding carboxylic acids is 2. The molecule has 0 fully saturated rings. The molecule has 0 amide bonds. The molecular formula is C30H16O4. The number of hydrogen-bond acceptors (Lipinski definition) is 4. The molecule has 4 nitrogen and oxygen atoms in total. The lowest BCUT2D eigenvalue weighted by atomic mass is 9.95. The highest BCUT2D eigenvalue weighted by atomic mass is 16.6. The molecule has 1 aliphatic rings. The molecule has 0 unspecified atom stereocenters. The maximum atomic E-state index is 13.1. The number of fused-ring (bicyclic) bond motifs is 9. The number of ether oxygens (including phenoxy) is 2. The first-order chi connectivity index (χ1) is 16.7. The van der Waals surface area contributed by atoms with Crippen LogP contribution in [0.2, 0.25) is 0 Å². The van der Waals surface area contributed by atoms with Gasteiger partial charge in [0.05, 0.1) is 11.1 Å². The lowest BCUT2D eigenvalue weighted by Crippen LogP contribution is -2.21. The van der Waals surface area contributed by atoms with Gasteiger partial charge in [0.1, 0.15) is 0 Å². The van der Waals surface area contributed by atoms with Crippen molar-refractivity contribution >= 4 is 55.0 Å². The van der Waals surface area contributed by atoms with Crippen molar-refractivity contribution in [3.63, 3.8) is 0 Å². The summed E-state index contributed by atoms with van der Waals surface area (Å²) in [5.41, 5.74) is 0.376. The Morgan fingerprint density at radius 1 is 0.471 bits per heavy atom. The summed E-state index contributed by atoms with van der Waals surface area (Å²) in [4.78, 5) is 25.9. The molecule has 0 aliphatic carbocycles. The second-order valence-corrected chi connectivity index (χ2v) is 8.46. The summed E-state index contributed by atoms with van der Waals surface area (Å²) >= 11 is 0. The van der Waals surface area contributed by atoms with Gasteiger partial charge in [-0.3, -0.25) is 0 Å². The molecule has 0 aromatic heterocycles. The van der Waals surface area contributed by atoms with Crippen molar-refractivity contribution in [2.75, 3.05) is 0 Å². The molecular weight excluding hydrogens is 424 g/mol. The van der Waals surface area contributed by atoms with Gasteiger partial charge in [-0.15, -0.1) is 0 Å². The highest BCUT2D eigenvalue weighted by molar-refractivity contribution is 6.20. The predicted octanol–water partition coefficient (Wildman–Crippen LogP) is 7.05. The Balaban J connectivity index is 1.55. The van der Waals surface area contributed by atoms with Crippen LogP contribution in [0.4, 0.5) is 0 Å². The SMILES string of the molecule is O=C1Oc2ccc3ccc4cc5c(ccc6ccccc65)cc4c3c2OC(=O)c2ccccc21. The minimum Gasteiger partial charge on any atom is -0.419 e. The summed E-state index contributed by atoms with van der Waals surface area (Å²) in [5, 5.41) is 8.16. The van der Waals surface area contributed by atoms with E-state index in [2.05, 4.69) is 42.5 Å². The number of esters is 2. The van der Waals surface area contributed by atoms with E-state index >= 15 is 0 Å². The summed E-state index contributed by atoms with van der Waals surface area (Å²) in [6.07, 6.45) is 0. The van der Waals surface area contributed by atoms with Crippen molar-refractivity contribution in [2.45, 2.75) is 0 Å². The van der Waals surface area contributed by atoms with Crippen molar-refractivity contribution in [1.29, 1.82) is 0 Å².